The number of likely N-dealkylation sites (tertiary alicyclic amines) is 1. The lowest BCUT2D eigenvalue weighted by Crippen LogP contribution is -2.34. The molecular weight excluding hydrogens is 262 g/mol. The lowest BCUT2D eigenvalue weighted by molar-refractivity contribution is -0.119. The average molecular weight is 283 g/mol. The van der Waals surface area contributed by atoms with Gasteiger partial charge in [-0.25, -0.2) is 0 Å². The van der Waals surface area contributed by atoms with Gasteiger partial charge < -0.3 is 5.73 Å². The standard InChI is InChI=1S/C17H21N3O/c18-16(21)11-13-6-9-20(10-7-13)12-15-4-1-3-14-5-2-8-19-17(14)15/h1-5,8,13H,6-7,9-12H2,(H2,18,21). The number of rotatable bonds is 4. The molecule has 1 aromatic carbocycles. The number of benzene rings is 1. The first-order valence-corrected chi connectivity index (χ1v) is 7.55. The highest BCUT2D eigenvalue weighted by Gasteiger charge is 2.21. The van der Waals surface area contributed by atoms with Crippen molar-refractivity contribution in [2.24, 2.45) is 11.7 Å². The van der Waals surface area contributed by atoms with Gasteiger partial charge in [-0.3, -0.25) is 14.7 Å². The summed E-state index contributed by atoms with van der Waals surface area (Å²) in [6.45, 7) is 2.99. The molecule has 2 N–H and O–H groups in total. The lowest BCUT2D eigenvalue weighted by atomic mass is 9.93. The van der Waals surface area contributed by atoms with Crippen molar-refractivity contribution in [1.82, 2.24) is 9.88 Å². The average Bonchev–Trinajstić information content (AvgIpc) is 2.49. The van der Waals surface area contributed by atoms with Crippen molar-refractivity contribution < 1.29 is 4.79 Å². The number of carbonyl (C=O) groups is 1. The van der Waals surface area contributed by atoms with Gasteiger partial charge in [0.1, 0.15) is 0 Å². The summed E-state index contributed by atoms with van der Waals surface area (Å²) in [5.41, 5.74) is 7.66. The quantitative estimate of drug-likeness (QED) is 0.936. The molecule has 0 aliphatic carbocycles. The van der Waals surface area contributed by atoms with E-state index in [2.05, 4.69) is 34.1 Å². The molecule has 1 amide bonds. The van der Waals surface area contributed by atoms with Crippen molar-refractivity contribution in [2.75, 3.05) is 13.1 Å². The zero-order valence-corrected chi connectivity index (χ0v) is 12.2. The Balaban J connectivity index is 1.66. The van der Waals surface area contributed by atoms with Crippen LogP contribution in [0.2, 0.25) is 0 Å². The Morgan fingerprint density at radius 1 is 1.24 bits per heavy atom. The molecule has 0 unspecified atom stereocenters. The van der Waals surface area contributed by atoms with E-state index in [1.54, 1.807) is 0 Å². The number of nitrogens with two attached hydrogens (primary N) is 1. The number of piperidine rings is 1. The maximum Gasteiger partial charge on any atom is 0.217 e. The Kier molecular flexibility index (Phi) is 4.15. The van der Waals surface area contributed by atoms with Gasteiger partial charge in [0.2, 0.25) is 5.91 Å². The normalized spacial score (nSPS) is 17.1. The monoisotopic (exact) mass is 283 g/mol. The van der Waals surface area contributed by atoms with E-state index in [-0.39, 0.29) is 5.91 Å². The van der Waals surface area contributed by atoms with E-state index in [9.17, 15) is 4.79 Å². The van der Waals surface area contributed by atoms with E-state index in [1.165, 1.54) is 10.9 Å². The van der Waals surface area contributed by atoms with Gasteiger partial charge in [0.25, 0.3) is 0 Å². The van der Waals surface area contributed by atoms with Gasteiger partial charge in [0.15, 0.2) is 0 Å². The Morgan fingerprint density at radius 2 is 2.00 bits per heavy atom. The molecule has 1 aliphatic rings. The van der Waals surface area contributed by atoms with E-state index in [0.717, 1.165) is 38.0 Å². The molecule has 3 rings (SSSR count). The van der Waals surface area contributed by atoms with Gasteiger partial charge in [0, 0.05) is 24.5 Å². The molecular formula is C17H21N3O. The summed E-state index contributed by atoms with van der Waals surface area (Å²) in [5.74, 6) is 0.288. The fourth-order valence-electron chi connectivity index (χ4n) is 3.17. The summed E-state index contributed by atoms with van der Waals surface area (Å²) < 4.78 is 0. The van der Waals surface area contributed by atoms with Crippen LogP contribution in [0.25, 0.3) is 10.9 Å². The van der Waals surface area contributed by atoms with Gasteiger partial charge >= 0.3 is 0 Å². The van der Waals surface area contributed by atoms with Crippen LogP contribution in [0.5, 0.6) is 0 Å². The predicted octanol–water partition coefficient (Wildman–Crippen LogP) is 2.32. The first kappa shape index (κ1) is 14.0. The van der Waals surface area contributed by atoms with Crippen LogP contribution >= 0.6 is 0 Å². The fourth-order valence-corrected chi connectivity index (χ4v) is 3.17. The van der Waals surface area contributed by atoms with Crippen molar-refractivity contribution in [1.29, 1.82) is 0 Å². The van der Waals surface area contributed by atoms with Gasteiger partial charge in [0.05, 0.1) is 5.52 Å². The van der Waals surface area contributed by atoms with Crippen molar-refractivity contribution in [3.8, 4) is 0 Å². The number of hydrogen-bond acceptors (Lipinski definition) is 3. The second kappa shape index (κ2) is 6.22. The highest BCUT2D eigenvalue weighted by Crippen LogP contribution is 2.23. The second-order valence-corrected chi connectivity index (χ2v) is 5.88. The van der Waals surface area contributed by atoms with Crippen LogP contribution in [0.15, 0.2) is 36.5 Å². The lowest BCUT2D eigenvalue weighted by Gasteiger charge is -2.31. The van der Waals surface area contributed by atoms with Crippen LogP contribution in [0.3, 0.4) is 0 Å². The van der Waals surface area contributed by atoms with Crippen molar-refractivity contribution in [3.63, 3.8) is 0 Å². The summed E-state index contributed by atoms with van der Waals surface area (Å²) in [6.07, 6.45) is 4.50. The molecule has 21 heavy (non-hydrogen) atoms. The zero-order chi connectivity index (χ0) is 14.7. The molecule has 1 aliphatic heterocycles. The van der Waals surface area contributed by atoms with Crippen molar-refractivity contribution in [2.45, 2.75) is 25.8 Å². The molecule has 0 spiro atoms. The Bertz CT molecular complexity index is 627. The number of carbonyl (C=O) groups excluding carboxylic acids is 1. The predicted molar refractivity (Wildman–Crippen MR) is 83.6 cm³/mol. The molecule has 1 fully saturated rings. The number of amides is 1. The van der Waals surface area contributed by atoms with Crippen LogP contribution in [0, 0.1) is 5.92 Å². The highest BCUT2D eigenvalue weighted by atomic mass is 16.1. The third-order valence-electron chi connectivity index (χ3n) is 4.31. The van der Waals surface area contributed by atoms with E-state index < -0.39 is 0 Å². The maximum atomic E-state index is 11.0. The summed E-state index contributed by atoms with van der Waals surface area (Å²) in [7, 11) is 0. The molecule has 0 atom stereocenters. The maximum absolute atomic E-state index is 11.0. The first-order chi connectivity index (χ1) is 10.2. The van der Waals surface area contributed by atoms with E-state index in [4.69, 9.17) is 5.73 Å². The summed E-state index contributed by atoms with van der Waals surface area (Å²) in [6, 6.07) is 10.4. The summed E-state index contributed by atoms with van der Waals surface area (Å²) >= 11 is 0. The summed E-state index contributed by atoms with van der Waals surface area (Å²) in [5, 5.41) is 1.19. The zero-order valence-electron chi connectivity index (χ0n) is 12.2. The van der Waals surface area contributed by atoms with E-state index >= 15 is 0 Å². The minimum absolute atomic E-state index is 0.174. The SMILES string of the molecule is NC(=O)CC1CCN(Cc2cccc3cccnc23)CC1. The number of fused-ring (bicyclic) bond motifs is 1. The molecule has 1 saturated heterocycles. The molecule has 0 bridgehead atoms. The number of hydrogen-bond donors (Lipinski definition) is 1. The van der Waals surface area contributed by atoms with Crippen molar-refractivity contribution >= 4 is 16.8 Å². The van der Waals surface area contributed by atoms with Crippen molar-refractivity contribution in [3.05, 3.63) is 42.1 Å². The molecule has 4 heteroatoms. The number of pyridine rings is 1. The third-order valence-corrected chi connectivity index (χ3v) is 4.31. The topological polar surface area (TPSA) is 59.2 Å². The molecule has 0 radical (unpaired) electrons. The Morgan fingerprint density at radius 3 is 2.76 bits per heavy atom. The molecule has 0 saturated carbocycles. The molecule has 2 heterocycles. The fraction of sp³-hybridized carbons (Fsp3) is 0.412. The molecule has 2 aromatic rings. The van der Waals surface area contributed by atoms with Gasteiger partial charge in [-0.2, -0.15) is 0 Å². The summed E-state index contributed by atoms with van der Waals surface area (Å²) in [4.78, 5) is 17.9. The van der Waals surface area contributed by atoms with Gasteiger partial charge in [-0.05, 0) is 43.5 Å². The second-order valence-electron chi connectivity index (χ2n) is 5.88. The van der Waals surface area contributed by atoms with Gasteiger partial charge in [-0.15, -0.1) is 0 Å². The first-order valence-electron chi connectivity index (χ1n) is 7.55. The van der Waals surface area contributed by atoms with Crippen LogP contribution < -0.4 is 5.73 Å². The third kappa shape index (κ3) is 3.39. The number of primary amides is 1. The smallest absolute Gasteiger partial charge is 0.217 e. The van der Waals surface area contributed by atoms with E-state index in [1.807, 2.05) is 12.3 Å². The van der Waals surface area contributed by atoms with Gasteiger partial charge in [-0.1, -0.05) is 24.3 Å². The minimum atomic E-state index is -0.174. The van der Waals surface area contributed by atoms with E-state index in [0.29, 0.717) is 12.3 Å². The highest BCUT2D eigenvalue weighted by molar-refractivity contribution is 5.81. The minimum Gasteiger partial charge on any atom is -0.370 e. The molecule has 1 aromatic heterocycles. The Hall–Kier alpha value is -1.94. The van der Waals surface area contributed by atoms with Crippen LogP contribution in [-0.4, -0.2) is 28.9 Å². The molecule has 110 valence electrons. The van der Waals surface area contributed by atoms with Crippen LogP contribution in [0.1, 0.15) is 24.8 Å². The Labute approximate surface area is 125 Å². The molecule has 4 nitrogen and oxygen atoms in total. The van der Waals surface area contributed by atoms with Crippen LogP contribution in [0.4, 0.5) is 0 Å². The largest absolute Gasteiger partial charge is 0.370 e. The number of nitrogens with zero attached hydrogens (tertiary/aromatic N) is 2. The number of para-hydroxylation sites is 1. The van der Waals surface area contributed by atoms with Crippen LogP contribution in [-0.2, 0) is 11.3 Å². The number of aromatic nitrogens is 1.